The Morgan fingerprint density at radius 2 is 1.38 bits per heavy atom. The lowest BCUT2D eigenvalue weighted by Gasteiger charge is -2.24. The van der Waals surface area contributed by atoms with E-state index in [0.29, 0.717) is 0 Å². The van der Waals surface area contributed by atoms with Gasteiger partial charge in [-0.05, 0) is 26.2 Å². The molecule has 0 atom stereocenters. The Labute approximate surface area is 82.0 Å². The van der Waals surface area contributed by atoms with E-state index in [-0.39, 0.29) is 16.7 Å². The van der Waals surface area contributed by atoms with Crippen molar-refractivity contribution < 1.29 is 8.42 Å². The molecule has 0 aliphatic carbocycles. The van der Waals surface area contributed by atoms with Gasteiger partial charge in [0.15, 0.2) is 0 Å². The topological polar surface area (TPSA) is 46.2 Å². The Bertz CT molecular complexity index is 232. The molecular weight excluding hydrogens is 186 g/mol. The van der Waals surface area contributed by atoms with Gasteiger partial charge in [-0.25, -0.2) is 13.1 Å². The summed E-state index contributed by atoms with van der Waals surface area (Å²) >= 11 is 0. The van der Waals surface area contributed by atoms with Crippen molar-refractivity contribution in [2.45, 2.75) is 47.1 Å². The third-order valence-corrected chi connectivity index (χ3v) is 3.25. The van der Waals surface area contributed by atoms with Gasteiger partial charge in [0.25, 0.3) is 0 Å². The second kappa shape index (κ2) is 3.58. The molecule has 0 aliphatic heterocycles. The van der Waals surface area contributed by atoms with Gasteiger partial charge in [-0.2, -0.15) is 0 Å². The average molecular weight is 207 g/mol. The summed E-state index contributed by atoms with van der Waals surface area (Å²) in [6.07, 6.45) is 0. The summed E-state index contributed by atoms with van der Waals surface area (Å²) < 4.78 is 25.7. The number of rotatable bonds is 2. The highest BCUT2D eigenvalue weighted by Gasteiger charge is 2.25. The molecule has 0 heterocycles. The maximum atomic E-state index is 11.6. The molecule has 80 valence electrons. The lowest BCUT2D eigenvalue weighted by molar-refractivity contribution is 0.441. The monoisotopic (exact) mass is 207 g/mol. The third-order valence-electron chi connectivity index (χ3n) is 1.08. The summed E-state index contributed by atoms with van der Waals surface area (Å²) in [4.78, 5) is 0. The summed E-state index contributed by atoms with van der Waals surface area (Å²) in [6.45, 7) is 11.3. The Morgan fingerprint density at radius 3 is 1.62 bits per heavy atom. The number of hydrogen-bond donors (Lipinski definition) is 1. The normalized spacial score (nSPS) is 14.6. The second-order valence-corrected chi connectivity index (χ2v) is 7.39. The smallest absolute Gasteiger partial charge is 0.212 e. The van der Waals surface area contributed by atoms with Crippen LogP contribution in [0.15, 0.2) is 0 Å². The van der Waals surface area contributed by atoms with Crippen molar-refractivity contribution in [1.29, 1.82) is 0 Å². The minimum absolute atomic E-state index is 0.164. The first-order valence-corrected chi connectivity index (χ1v) is 6.08. The van der Waals surface area contributed by atoms with Crippen molar-refractivity contribution in [2.24, 2.45) is 5.41 Å². The van der Waals surface area contributed by atoms with Crippen LogP contribution in [-0.4, -0.2) is 19.7 Å². The molecular formula is C9H21NO2S. The van der Waals surface area contributed by atoms with E-state index >= 15 is 0 Å². The van der Waals surface area contributed by atoms with E-state index in [2.05, 4.69) is 4.72 Å². The fourth-order valence-corrected chi connectivity index (χ4v) is 3.22. The maximum Gasteiger partial charge on any atom is 0.212 e. The average Bonchev–Trinajstić information content (AvgIpc) is 1.43. The maximum absolute atomic E-state index is 11.6. The summed E-state index contributed by atoms with van der Waals surface area (Å²) in [5, 5.41) is 0. The van der Waals surface area contributed by atoms with Gasteiger partial charge in [0.1, 0.15) is 0 Å². The van der Waals surface area contributed by atoms with Crippen LogP contribution in [0.5, 0.6) is 0 Å². The van der Waals surface area contributed by atoms with Gasteiger partial charge >= 0.3 is 0 Å². The highest BCUT2D eigenvalue weighted by atomic mass is 32.2. The van der Waals surface area contributed by atoms with Gasteiger partial charge in [-0.15, -0.1) is 0 Å². The molecule has 0 aromatic carbocycles. The summed E-state index contributed by atoms with van der Waals surface area (Å²) in [5.41, 5.74) is -0.582. The number of hydrogen-bond acceptors (Lipinski definition) is 2. The molecule has 3 nitrogen and oxygen atoms in total. The zero-order chi connectivity index (χ0) is 10.9. The molecule has 0 amide bonds. The van der Waals surface area contributed by atoms with Crippen LogP contribution in [0.2, 0.25) is 0 Å². The highest BCUT2D eigenvalue weighted by molar-refractivity contribution is 7.89. The first-order valence-electron chi connectivity index (χ1n) is 4.43. The van der Waals surface area contributed by atoms with Crippen molar-refractivity contribution in [3.05, 3.63) is 0 Å². The van der Waals surface area contributed by atoms with Crippen molar-refractivity contribution in [3.63, 3.8) is 0 Å². The van der Waals surface area contributed by atoms with Crippen molar-refractivity contribution in [3.8, 4) is 0 Å². The number of sulfonamides is 1. The summed E-state index contributed by atoms with van der Waals surface area (Å²) in [6, 6.07) is 0. The molecule has 1 N–H and O–H groups in total. The van der Waals surface area contributed by atoms with Crippen LogP contribution in [-0.2, 0) is 10.0 Å². The molecule has 0 radical (unpaired) electrons. The van der Waals surface area contributed by atoms with Crippen molar-refractivity contribution in [1.82, 2.24) is 4.72 Å². The van der Waals surface area contributed by atoms with E-state index in [1.807, 2.05) is 41.5 Å². The molecule has 0 rings (SSSR count). The molecule has 0 fully saturated rings. The van der Waals surface area contributed by atoms with E-state index < -0.39 is 10.0 Å². The molecule has 0 saturated carbocycles. The van der Waals surface area contributed by atoms with Crippen LogP contribution < -0.4 is 4.72 Å². The van der Waals surface area contributed by atoms with Crippen LogP contribution in [0.3, 0.4) is 0 Å². The van der Waals surface area contributed by atoms with Crippen LogP contribution in [0.4, 0.5) is 0 Å². The van der Waals surface area contributed by atoms with E-state index in [0.717, 1.165) is 0 Å². The molecule has 0 spiro atoms. The van der Waals surface area contributed by atoms with Gasteiger partial charge in [0.2, 0.25) is 10.0 Å². The molecule has 0 saturated heterocycles. The first kappa shape index (κ1) is 12.9. The SMILES string of the molecule is CC(C)(C)CS(=O)(=O)NC(C)(C)C. The predicted molar refractivity (Wildman–Crippen MR) is 56.1 cm³/mol. The molecule has 0 bridgehead atoms. The minimum Gasteiger partial charge on any atom is -0.212 e. The van der Waals surface area contributed by atoms with Crippen LogP contribution in [0, 0.1) is 5.41 Å². The molecule has 13 heavy (non-hydrogen) atoms. The molecule has 4 heteroatoms. The van der Waals surface area contributed by atoms with E-state index in [9.17, 15) is 8.42 Å². The Kier molecular flexibility index (Phi) is 3.55. The van der Waals surface area contributed by atoms with Gasteiger partial charge in [0.05, 0.1) is 5.75 Å². The standard InChI is InChI=1S/C9H21NO2S/c1-8(2,3)7-13(11,12)10-9(4,5)6/h10H,7H2,1-6H3. The van der Waals surface area contributed by atoms with Crippen molar-refractivity contribution in [2.75, 3.05) is 5.75 Å². The van der Waals surface area contributed by atoms with Gasteiger partial charge in [-0.1, -0.05) is 20.8 Å². The molecule has 0 aromatic rings. The van der Waals surface area contributed by atoms with E-state index in [1.54, 1.807) is 0 Å². The highest BCUT2D eigenvalue weighted by Crippen LogP contribution is 2.16. The molecule has 0 aromatic heterocycles. The quantitative estimate of drug-likeness (QED) is 0.750. The Morgan fingerprint density at radius 1 is 1.00 bits per heavy atom. The second-order valence-electron chi connectivity index (χ2n) is 5.67. The fraction of sp³-hybridized carbons (Fsp3) is 1.00. The third kappa shape index (κ3) is 8.25. The van der Waals surface area contributed by atoms with Gasteiger partial charge in [0, 0.05) is 5.54 Å². The zero-order valence-electron chi connectivity index (χ0n) is 9.43. The zero-order valence-corrected chi connectivity index (χ0v) is 10.2. The molecule has 0 unspecified atom stereocenters. The minimum atomic E-state index is -3.15. The first-order chi connectivity index (χ1) is 5.41. The Hall–Kier alpha value is -0.0900. The Balaban J connectivity index is 4.46. The van der Waals surface area contributed by atoms with E-state index in [1.165, 1.54) is 0 Å². The molecule has 0 aliphatic rings. The fourth-order valence-electron chi connectivity index (χ4n) is 1.07. The number of nitrogens with one attached hydrogen (secondary N) is 1. The summed E-state index contributed by atoms with van der Waals surface area (Å²) in [7, 11) is -3.15. The van der Waals surface area contributed by atoms with Crippen LogP contribution >= 0.6 is 0 Å². The lowest BCUT2D eigenvalue weighted by Crippen LogP contribution is -2.43. The van der Waals surface area contributed by atoms with Crippen LogP contribution in [0.1, 0.15) is 41.5 Å². The van der Waals surface area contributed by atoms with E-state index in [4.69, 9.17) is 0 Å². The predicted octanol–water partition coefficient (Wildman–Crippen LogP) is 1.75. The summed E-state index contributed by atoms with van der Waals surface area (Å²) in [5.74, 6) is 0.164. The van der Waals surface area contributed by atoms with Crippen molar-refractivity contribution >= 4 is 10.0 Å². The van der Waals surface area contributed by atoms with Crippen LogP contribution in [0.25, 0.3) is 0 Å². The largest absolute Gasteiger partial charge is 0.212 e. The van der Waals surface area contributed by atoms with Gasteiger partial charge < -0.3 is 0 Å². The van der Waals surface area contributed by atoms with Gasteiger partial charge in [-0.3, -0.25) is 0 Å². The lowest BCUT2D eigenvalue weighted by atomic mass is 10.0.